The lowest BCUT2D eigenvalue weighted by Crippen LogP contribution is -2.29. The van der Waals surface area contributed by atoms with Crippen molar-refractivity contribution in [2.24, 2.45) is 0 Å². The molecule has 0 aromatic heterocycles. The molecule has 5 nitrogen and oxygen atoms in total. The van der Waals surface area contributed by atoms with E-state index in [2.05, 4.69) is 8.92 Å². The first-order chi connectivity index (χ1) is 9.81. The summed E-state index contributed by atoms with van der Waals surface area (Å²) in [5, 5.41) is 0. The molecule has 1 aromatic rings. The van der Waals surface area contributed by atoms with Crippen molar-refractivity contribution in [3.63, 3.8) is 0 Å². The Labute approximate surface area is 119 Å². The van der Waals surface area contributed by atoms with E-state index in [1.54, 1.807) is 0 Å². The van der Waals surface area contributed by atoms with Gasteiger partial charge in [0.15, 0.2) is 5.75 Å². The Hall–Kier alpha value is -1.98. The minimum atomic E-state index is -6.41. The van der Waals surface area contributed by atoms with Gasteiger partial charge in [0.05, 0.1) is 7.11 Å². The van der Waals surface area contributed by atoms with E-state index in [-0.39, 0.29) is 6.07 Å². The van der Waals surface area contributed by atoms with E-state index in [0.29, 0.717) is 12.1 Å². The number of esters is 1. The van der Waals surface area contributed by atoms with Crippen LogP contribution in [0.4, 0.5) is 26.3 Å². The molecule has 0 N–H and O–H groups in total. The second-order valence-electron chi connectivity index (χ2n) is 3.65. The Morgan fingerprint density at radius 2 is 1.64 bits per heavy atom. The Morgan fingerprint density at radius 1 is 1.09 bits per heavy atom. The quantitative estimate of drug-likeness (QED) is 0.362. The van der Waals surface area contributed by atoms with Crippen LogP contribution in [0, 0.1) is 0 Å². The van der Waals surface area contributed by atoms with Crippen LogP contribution in [0.3, 0.4) is 0 Å². The first-order valence-electron chi connectivity index (χ1n) is 5.10. The van der Waals surface area contributed by atoms with E-state index >= 15 is 0 Å². The van der Waals surface area contributed by atoms with Gasteiger partial charge in [0.1, 0.15) is 11.1 Å². The number of hydrogen-bond acceptors (Lipinski definition) is 5. The van der Waals surface area contributed by atoms with E-state index in [1.165, 1.54) is 0 Å². The normalized spacial score (nSPS) is 12.9. The van der Waals surface area contributed by atoms with Crippen LogP contribution in [-0.2, 0) is 21.0 Å². The van der Waals surface area contributed by atoms with Crippen molar-refractivity contribution in [2.75, 3.05) is 7.11 Å². The molecule has 0 heterocycles. The van der Waals surface area contributed by atoms with Gasteiger partial charge >= 0.3 is 27.8 Å². The average Bonchev–Trinajstić information content (AvgIpc) is 2.35. The SMILES string of the molecule is COC(=O)c1cccc(C(F)(F)F)c1OS(=O)(=O)C(F)(F)F. The molecule has 0 aliphatic heterocycles. The largest absolute Gasteiger partial charge is 0.534 e. The van der Waals surface area contributed by atoms with Gasteiger partial charge in [-0.3, -0.25) is 0 Å². The predicted octanol–water partition coefficient (Wildman–Crippen LogP) is 2.72. The number of para-hydroxylation sites is 1. The molecule has 0 unspecified atom stereocenters. The number of ether oxygens (including phenoxy) is 1. The molecular formula is C10H6F6O5S. The zero-order valence-corrected chi connectivity index (χ0v) is 11.3. The summed E-state index contributed by atoms with van der Waals surface area (Å²) in [7, 11) is -5.66. The fourth-order valence-corrected chi connectivity index (χ4v) is 1.77. The maximum absolute atomic E-state index is 12.8. The Balaban J connectivity index is 3.59. The number of halogens is 6. The van der Waals surface area contributed by atoms with E-state index in [0.717, 1.165) is 7.11 Å². The van der Waals surface area contributed by atoms with Crippen LogP contribution in [-0.4, -0.2) is 27.0 Å². The molecule has 0 radical (unpaired) electrons. The summed E-state index contributed by atoms with van der Waals surface area (Å²) in [4.78, 5) is 11.3. The standard InChI is InChI=1S/C10H6F6O5S/c1-20-8(17)5-3-2-4-6(9(11,12)13)7(5)21-22(18,19)10(14,15)16/h2-4H,1H3. The monoisotopic (exact) mass is 352 g/mol. The van der Waals surface area contributed by atoms with Crippen molar-refractivity contribution in [1.29, 1.82) is 0 Å². The molecule has 0 saturated carbocycles. The Morgan fingerprint density at radius 3 is 2.05 bits per heavy atom. The average molecular weight is 352 g/mol. The second kappa shape index (κ2) is 5.66. The van der Waals surface area contributed by atoms with Crippen molar-refractivity contribution in [3.8, 4) is 5.75 Å². The van der Waals surface area contributed by atoms with E-state index in [1.807, 2.05) is 0 Å². The lowest BCUT2D eigenvalue weighted by molar-refractivity contribution is -0.138. The van der Waals surface area contributed by atoms with Crippen LogP contribution in [0.5, 0.6) is 5.75 Å². The summed E-state index contributed by atoms with van der Waals surface area (Å²) in [6.45, 7) is 0. The number of carbonyl (C=O) groups excluding carboxylic acids is 1. The van der Waals surface area contributed by atoms with Gasteiger partial charge in [0, 0.05) is 0 Å². The molecule has 0 atom stereocenters. The molecule has 1 rings (SSSR count). The molecule has 0 saturated heterocycles. The van der Waals surface area contributed by atoms with E-state index < -0.39 is 44.6 Å². The van der Waals surface area contributed by atoms with Crippen LogP contribution in [0.1, 0.15) is 15.9 Å². The van der Waals surface area contributed by atoms with Crippen molar-refractivity contribution < 1.29 is 48.5 Å². The molecule has 0 bridgehead atoms. The zero-order valence-electron chi connectivity index (χ0n) is 10.4. The fourth-order valence-electron chi connectivity index (χ4n) is 1.28. The van der Waals surface area contributed by atoms with Crippen molar-refractivity contribution in [3.05, 3.63) is 29.3 Å². The molecule has 0 amide bonds. The highest BCUT2D eigenvalue weighted by atomic mass is 32.2. The minimum Gasteiger partial charge on any atom is -0.465 e. The number of carbonyl (C=O) groups is 1. The van der Waals surface area contributed by atoms with Gasteiger partial charge in [0.2, 0.25) is 0 Å². The molecule has 0 fully saturated rings. The fraction of sp³-hybridized carbons (Fsp3) is 0.300. The van der Waals surface area contributed by atoms with E-state index in [9.17, 15) is 39.6 Å². The van der Waals surface area contributed by atoms with Gasteiger partial charge in [-0.1, -0.05) is 6.07 Å². The molecule has 124 valence electrons. The predicted molar refractivity (Wildman–Crippen MR) is 58.4 cm³/mol. The van der Waals surface area contributed by atoms with Gasteiger partial charge in [-0.15, -0.1) is 0 Å². The summed E-state index contributed by atoms with van der Waals surface area (Å²) in [6, 6.07) is 1.57. The maximum atomic E-state index is 12.8. The molecule has 22 heavy (non-hydrogen) atoms. The van der Waals surface area contributed by atoms with Crippen molar-refractivity contribution in [2.45, 2.75) is 11.7 Å². The van der Waals surface area contributed by atoms with Crippen LogP contribution in [0.25, 0.3) is 0 Å². The first kappa shape index (κ1) is 18.1. The van der Waals surface area contributed by atoms with Gasteiger partial charge in [0.25, 0.3) is 0 Å². The summed E-state index contributed by atoms with van der Waals surface area (Å²) in [6.07, 6.45) is -5.26. The van der Waals surface area contributed by atoms with Crippen molar-refractivity contribution in [1.82, 2.24) is 0 Å². The highest BCUT2D eigenvalue weighted by Gasteiger charge is 2.50. The molecule has 1 aromatic carbocycles. The number of hydrogen-bond donors (Lipinski definition) is 0. The summed E-state index contributed by atoms with van der Waals surface area (Å²) < 4.78 is 104. The first-order valence-corrected chi connectivity index (χ1v) is 6.51. The maximum Gasteiger partial charge on any atom is 0.534 e. The lowest BCUT2D eigenvalue weighted by Gasteiger charge is -2.17. The van der Waals surface area contributed by atoms with Gasteiger partial charge in [-0.25, -0.2) is 4.79 Å². The van der Waals surface area contributed by atoms with Gasteiger partial charge < -0.3 is 8.92 Å². The molecular weight excluding hydrogens is 346 g/mol. The Kier molecular flexibility index (Phi) is 4.65. The number of rotatable bonds is 3. The summed E-state index contributed by atoms with van der Waals surface area (Å²) in [5.41, 5.74) is -8.97. The Bertz CT molecular complexity index is 676. The molecule has 0 aliphatic carbocycles. The smallest absolute Gasteiger partial charge is 0.465 e. The van der Waals surface area contributed by atoms with Crippen LogP contribution in [0.15, 0.2) is 18.2 Å². The second-order valence-corrected chi connectivity index (χ2v) is 5.19. The summed E-state index contributed by atoms with van der Waals surface area (Å²) >= 11 is 0. The topological polar surface area (TPSA) is 69.7 Å². The van der Waals surface area contributed by atoms with Crippen LogP contribution in [0.2, 0.25) is 0 Å². The highest BCUT2D eigenvalue weighted by Crippen LogP contribution is 2.40. The molecule has 12 heteroatoms. The van der Waals surface area contributed by atoms with E-state index in [4.69, 9.17) is 0 Å². The number of benzene rings is 1. The van der Waals surface area contributed by atoms with Crippen LogP contribution < -0.4 is 4.18 Å². The third kappa shape index (κ3) is 3.61. The molecule has 0 aliphatic rings. The number of alkyl halides is 6. The molecule has 0 spiro atoms. The van der Waals surface area contributed by atoms with Crippen LogP contribution >= 0.6 is 0 Å². The lowest BCUT2D eigenvalue weighted by atomic mass is 10.1. The summed E-state index contributed by atoms with van der Waals surface area (Å²) in [5.74, 6) is -3.31. The van der Waals surface area contributed by atoms with Gasteiger partial charge in [-0.2, -0.15) is 34.8 Å². The third-order valence-electron chi connectivity index (χ3n) is 2.20. The highest BCUT2D eigenvalue weighted by molar-refractivity contribution is 7.88. The van der Waals surface area contributed by atoms with Gasteiger partial charge in [-0.05, 0) is 12.1 Å². The zero-order chi connectivity index (χ0) is 17.3. The third-order valence-corrected chi connectivity index (χ3v) is 3.16. The number of methoxy groups -OCH3 is 1. The van der Waals surface area contributed by atoms with Crippen molar-refractivity contribution >= 4 is 16.1 Å². The minimum absolute atomic E-state index is 0.258.